The summed E-state index contributed by atoms with van der Waals surface area (Å²) in [5.74, 6) is 1.78. The quantitative estimate of drug-likeness (QED) is 0.487. The summed E-state index contributed by atoms with van der Waals surface area (Å²) in [4.78, 5) is 17.5. The van der Waals surface area contributed by atoms with Crippen LogP contribution in [0.3, 0.4) is 0 Å². The third kappa shape index (κ3) is 3.75. The van der Waals surface area contributed by atoms with Crippen LogP contribution >= 0.6 is 0 Å². The summed E-state index contributed by atoms with van der Waals surface area (Å²) in [6, 6.07) is 13.6. The fraction of sp³-hybridized carbons (Fsp3) is 0.240. The number of anilines is 1. The van der Waals surface area contributed by atoms with Crippen LogP contribution in [0.25, 0.3) is 17.2 Å². The van der Waals surface area contributed by atoms with Crippen LogP contribution in [0.1, 0.15) is 34.7 Å². The number of hydrogen-bond donors (Lipinski definition) is 1. The van der Waals surface area contributed by atoms with Crippen LogP contribution in [-0.4, -0.2) is 45.1 Å². The highest BCUT2D eigenvalue weighted by molar-refractivity contribution is 5.95. The number of rotatable bonds is 5. The van der Waals surface area contributed by atoms with Crippen LogP contribution in [0.4, 0.5) is 5.82 Å². The van der Waals surface area contributed by atoms with E-state index >= 15 is 0 Å². The monoisotopic (exact) mass is 456 g/mol. The third-order valence-corrected chi connectivity index (χ3v) is 6.00. The SMILES string of the molecule is COc1ccc(OC)c([C@H]2CC(=O)Nc3c2c(C)nn3-c2nncc(-c3ccc(C)cc3)n2)c1. The molecule has 0 unspecified atom stereocenters. The van der Waals surface area contributed by atoms with Gasteiger partial charge < -0.3 is 14.8 Å². The van der Waals surface area contributed by atoms with Crippen molar-refractivity contribution in [1.82, 2.24) is 25.0 Å². The zero-order valence-electron chi connectivity index (χ0n) is 19.4. The van der Waals surface area contributed by atoms with Crippen molar-refractivity contribution in [2.75, 3.05) is 19.5 Å². The van der Waals surface area contributed by atoms with Crippen molar-refractivity contribution in [3.63, 3.8) is 0 Å². The van der Waals surface area contributed by atoms with E-state index in [0.29, 0.717) is 23.0 Å². The number of ether oxygens (including phenoxy) is 2. The number of aryl methyl sites for hydroxylation is 2. The maximum atomic E-state index is 12.8. The topological polar surface area (TPSA) is 104 Å². The Bertz CT molecular complexity index is 1380. The highest BCUT2D eigenvalue weighted by atomic mass is 16.5. The number of carbonyl (C=O) groups excluding carboxylic acids is 1. The van der Waals surface area contributed by atoms with E-state index in [1.807, 2.05) is 56.3 Å². The van der Waals surface area contributed by atoms with Gasteiger partial charge in [-0.1, -0.05) is 29.8 Å². The van der Waals surface area contributed by atoms with E-state index in [-0.39, 0.29) is 24.2 Å². The lowest BCUT2D eigenvalue weighted by molar-refractivity contribution is -0.116. The van der Waals surface area contributed by atoms with Crippen molar-refractivity contribution in [1.29, 1.82) is 0 Å². The van der Waals surface area contributed by atoms with Gasteiger partial charge in [0.25, 0.3) is 5.95 Å². The molecule has 2 aromatic heterocycles. The van der Waals surface area contributed by atoms with Gasteiger partial charge in [0.15, 0.2) is 0 Å². The molecular weight excluding hydrogens is 432 g/mol. The lowest BCUT2D eigenvalue weighted by atomic mass is 9.85. The van der Waals surface area contributed by atoms with Crippen LogP contribution < -0.4 is 14.8 Å². The predicted molar refractivity (Wildman–Crippen MR) is 126 cm³/mol. The Morgan fingerprint density at radius 1 is 1.06 bits per heavy atom. The van der Waals surface area contributed by atoms with E-state index in [9.17, 15) is 4.79 Å². The average molecular weight is 457 g/mol. The average Bonchev–Trinajstić information content (AvgIpc) is 3.19. The first-order chi connectivity index (χ1) is 16.5. The Balaban J connectivity index is 1.63. The summed E-state index contributed by atoms with van der Waals surface area (Å²) in [5.41, 5.74) is 5.24. The Kier molecular flexibility index (Phi) is 5.45. The first kappa shape index (κ1) is 21.6. The van der Waals surface area contributed by atoms with Crippen molar-refractivity contribution in [3.05, 3.63) is 71.0 Å². The first-order valence-electron chi connectivity index (χ1n) is 10.9. The van der Waals surface area contributed by atoms with Gasteiger partial charge in [-0.25, -0.2) is 4.98 Å². The number of fused-ring (bicyclic) bond motifs is 1. The zero-order chi connectivity index (χ0) is 23.8. The molecule has 1 aliphatic rings. The second-order valence-electron chi connectivity index (χ2n) is 8.18. The van der Waals surface area contributed by atoms with Crippen molar-refractivity contribution in [2.24, 2.45) is 0 Å². The highest BCUT2D eigenvalue weighted by Gasteiger charge is 2.35. The van der Waals surface area contributed by atoms with Crippen molar-refractivity contribution >= 4 is 11.7 Å². The van der Waals surface area contributed by atoms with Gasteiger partial charge in [0, 0.05) is 29.0 Å². The normalized spacial score (nSPS) is 14.9. The smallest absolute Gasteiger partial charge is 0.272 e. The number of aromatic nitrogens is 5. The minimum absolute atomic E-state index is 0.133. The molecule has 0 saturated heterocycles. The van der Waals surface area contributed by atoms with Gasteiger partial charge >= 0.3 is 0 Å². The van der Waals surface area contributed by atoms with Gasteiger partial charge in [-0.15, -0.1) is 5.10 Å². The Morgan fingerprint density at radius 2 is 1.85 bits per heavy atom. The second kappa shape index (κ2) is 8.58. The number of hydrogen-bond acceptors (Lipinski definition) is 7. The largest absolute Gasteiger partial charge is 0.497 e. The molecule has 5 rings (SSSR count). The van der Waals surface area contributed by atoms with Crippen molar-refractivity contribution < 1.29 is 14.3 Å². The van der Waals surface area contributed by atoms with Gasteiger partial charge in [-0.05, 0) is 32.0 Å². The molecule has 0 bridgehead atoms. The summed E-state index contributed by atoms with van der Waals surface area (Å²) in [7, 11) is 3.22. The molecule has 1 amide bonds. The van der Waals surface area contributed by atoms with Gasteiger partial charge in [0.1, 0.15) is 17.3 Å². The molecule has 34 heavy (non-hydrogen) atoms. The third-order valence-electron chi connectivity index (χ3n) is 6.00. The zero-order valence-corrected chi connectivity index (χ0v) is 19.4. The number of amides is 1. The van der Waals surface area contributed by atoms with Crippen LogP contribution in [-0.2, 0) is 4.79 Å². The molecule has 1 aliphatic heterocycles. The number of methoxy groups -OCH3 is 2. The van der Waals surface area contributed by atoms with E-state index in [0.717, 1.165) is 27.9 Å². The van der Waals surface area contributed by atoms with Crippen LogP contribution in [0.5, 0.6) is 11.5 Å². The summed E-state index contributed by atoms with van der Waals surface area (Å²) in [5, 5.41) is 16.0. The molecule has 1 atom stereocenters. The van der Waals surface area contributed by atoms with Gasteiger partial charge in [-0.3, -0.25) is 4.79 Å². The van der Waals surface area contributed by atoms with Gasteiger partial charge in [0.2, 0.25) is 5.91 Å². The molecule has 0 fully saturated rings. The molecule has 172 valence electrons. The van der Waals surface area contributed by atoms with Crippen LogP contribution in [0, 0.1) is 13.8 Å². The molecular formula is C25H24N6O3. The Hall–Kier alpha value is -4.27. The molecule has 9 heteroatoms. The predicted octanol–water partition coefficient (Wildman–Crippen LogP) is 3.83. The lowest BCUT2D eigenvalue weighted by Crippen LogP contribution is -2.25. The first-order valence-corrected chi connectivity index (χ1v) is 10.9. The molecule has 0 aliphatic carbocycles. The number of benzene rings is 2. The van der Waals surface area contributed by atoms with E-state index in [2.05, 4.69) is 25.6 Å². The Labute approximate surface area is 196 Å². The van der Waals surface area contributed by atoms with Gasteiger partial charge in [0.05, 0.1) is 31.8 Å². The maximum Gasteiger partial charge on any atom is 0.272 e. The van der Waals surface area contributed by atoms with Crippen LogP contribution in [0.15, 0.2) is 48.7 Å². The fourth-order valence-electron chi connectivity index (χ4n) is 4.32. The molecule has 1 N–H and O–H groups in total. The van der Waals surface area contributed by atoms with Gasteiger partial charge in [-0.2, -0.15) is 14.9 Å². The van der Waals surface area contributed by atoms with E-state index in [1.165, 1.54) is 0 Å². The lowest BCUT2D eigenvalue weighted by Gasteiger charge is -2.25. The molecule has 4 aromatic rings. The highest BCUT2D eigenvalue weighted by Crippen LogP contribution is 2.44. The molecule has 9 nitrogen and oxygen atoms in total. The molecule has 3 heterocycles. The fourth-order valence-corrected chi connectivity index (χ4v) is 4.32. The molecule has 0 saturated carbocycles. The number of nitrogens with zero attached hydrogens (tertiary/aromatic N) is 5. The summed E-state index contributed by atoms with van der Waals surface area (Å²) in [6.45, 7) is 3.94. The van der Waals surface area contributed by atoms with E-state index in [4.69, 9.17) is 9.47 Å². The Morgan fingerprint density at radius 3 is 2.59 bits per heavy atom. The summed E-state index contributed by atoms with van der Waals surface area (Å²) >= 11 is 0. The van der Waals surface area contributed by atoms with Crippen molar-refractivity contribution in [2.45, 2.75) is 26.2 Å². The molecule has 0 spiro atoms. The summed E-state index contributed by atoms with van der Waals surface area (Å²) < 4.78 is 12.6. The van der Waals surface area contributed by atoms with Crippen LogP contribution in [0.2, 0.25) is 0 Å². The van der Waals surface area contributed by atoms with Crippen molar-refractivity contribution in [3.8, 4) is 28.7 Å². The van der Waals surface area contributed by atoms with E-state index in [1.54, 1.807) is 25.1 Å². The molecule has 0 radical (unpaired) electrons. The standard InChI is InChI=1S/C25H24N6O3/c1-14-5-7-16(8-6-14)20-13-26-29-25(27-20)31-24-23(15(2)30-31)19(12-22(32)28-24)18-11-17(33-3)9-10-21(18)34-4/h5-11,13,19H,12H2,1-4H3,(H,28,32)/t19-/m1/s1. The maximum absolute atomic E-state index is 12.8. The van der Waals surface area contributed by atoms with E-state index < -0.39 is 0 Å². The second-order valence-corrected chi connectivity index (χ2v) is 8.18. The minimum Gasteiger partial charge on any atom is -0.497 e. The molecule has 2 aromatic carbocycles. The number of nitrogens with one attached hydrogen (secondary N) is 1. The summed E-state index contributed by atoms with van der Waals surface area (Å²) in [6.07, 6.45) is 1.87. The number of carbonyl (C=O) groups is 1. The minimum atomic E-state index is -0.268.